The molecule has 0 aliphatic carbocycles. The molecule has 0 saturated carbocycles. The summed E-state index contributed by atoms with van der Waals surface area (Å²) in [5.74, 6) is 1.73. The van der Waals surface area contributed by atoms with Gasteiger partial charge in [0.1, 0.15) is 48.4 Å². The van der Waals surface area contributed by atoms with Crippen LogP contribution in [0.1, 0.15) is 49.2 Å². The summed E-state index contributed by atoms with van der Waals surface area (Å²) in [6.07, 6.45) is 1.48. The van der Waals surface area contributed by atoms with Crippen LogP contribution in [0, 0.1) is 22.7 Å². The third-order valence-corrected chi connectivity index (χ3v) is 12.6. The zero-order chi connectivity index (χ0) is 45.5. The highest BCUT2D eigenvalue weighted by Crippen LogP contribution is 2.28. The molecular weight excluding hydrogens is 821 g/mol. The lowest BCUT2D eigenvalue weighted by Crippen LogP contribution is -2.52. The molecule has 2 amide bonds. The van der Waals surface area contributed by atoms with Gasteiger partial charge in [-0.1, -0.05) is 74.5 Å². The maximum atomic E-state index is 12.5. The van der Waals surface area contributed by atoms with Crippen molar-refractivity contribution in [3.63, 3.8) is 0 Å². The number of carbonyl (C=O) groups excluding carboxylic acids is 2. The van der Waals surface area contributed by atoms with E-state index in [2.05, 4.69) is 85.0 Å². The van der Waals surface area contributed by atoms with Gasteiger partial charge < -0.3 is 49.1 Å². The van der Waals surface area contributed by atoms with Gasteiger partial charge in [0.05, 0.1) is 0 Å². The number of hydrogen-bond donors (Lipinski definition) is 1. The number of rotatable bonds is 10. The van der Waals surface area contributed by atoms with Crippen LogP contribution in [-0.4, -0.2) is 148 Å². The van der Waals surface area contributed by atoms with Gasteiger partial charge in [-0.25, -0.2) is 19.6 Å². The molecule has 0 radical (unpaired) electrons. The number of hydrogen-bond acceptors (Lipinski definition) is 14. The Labute approximate surface area is 383 Å². The van der Waals surface area contributed by atoms with Crippen LogP contribution in [0.2, 0.25) is 0 Å². The monoisotopic (exact) mass is 883 g/mol. The van der Waals surface area contributed by atoms with E-state index in [1.54, 1.807) is 9.80 Å². The van der Waals surface area contributed by atoms with Crippen molar-refractivity contribution in [2.45, 2.75) is 52.0 Å². The fourth-order valence-electron chi connectivity index (χ4n) is 8.78. The quantitative estimate of drug-likeness (QED) is 0.211. The summed E-state index contributed by atoms with van der Waals surface area (Å²) >= 11 is 0. The number of piperazine rings is 4. The summed E-state index contributed by atoms with van der Waals surface area (Å²) in [6, 6.07) is 32.5. The first-order valence-electron chi connectivity index (χ1n) is 22.9. The van der Waals surface area contributed by atoms with Crippen molar-refractivity contribution >= 4 is 35.2 Å². The normalized spacial score (nSPS) is 19.1. The molecule has 4 aliphatic rings. The molecular formula is C49H62N12O4. The van der Waals surface area contributed by atoms with E-state index in [-0.39, 0.29) is 25.4 Å². The molecule has 2 aromatic carbocycles. The fraction of sp³-hybridized carbons (Fsp3) is 0.469. The molecule has 4 aliphatic heterocycles. The molecule has 65 heavy (non-hydrogen) atoms. The van der Waals surface area contributed by atoms with Crippen molar-refractivity contribution in [2.24, 2.45) is 0 Å². The van der Waals surface area contributed by atoms with Gasteiger partial charge in [0.25, 0.3) is 0 Å². The van der Waals surface area contributed by atoms with Crippen LogP contribution in [0.25, 0.3) is 0 Å². The van der Waals surface area contributed by atoms with Crippen molar-refractivity contribution in [2.75, 3.05) is 118 Å². The SMILES string of the molecule is CC[C@H]1CN(C)CCN1c1cc(N2CCN(C(=O)OCc3ccccc3)CC2)cc(C#N)n1.CC[C@H]1CNCCN1c1cc(N2CCN(C(=O)OCc3ccccc3)CC2)cc(C#N)n1. The molecule has 16 nitrogen and oxygen atoms in total. The molecule has 342 valence electrons. The molecule has 4 aromatic rings. The van der Waals surface area contributed by atoms with Crippen LogP contribution >= 0.6 is 0 Å². The molecule has 1 N–H and O–H groups in total. The highest BCUT2D eigenvalue weighted by Gasteiger charge is 2.29. The van der Waals surface area contributed by atoms with E-state index in [4.69, 9.17) is 9.47 Å². The van der Waals surface area contributed by atoms with Crippen LogP contribution in [-0.2, 0) is 22.7 Å². The molecule has 0 spiro atoms. The number of nitrogens with zero attached hydrogens (tertiary/aromatic N) is 11. The Morgan fingerprint density at radius 2 is 1.09 bits per heavy atom. The Morgan fingerprint density at radius 3 is 1.54 bits per heavy atom. The summed E-state index contributed by atoms with van der Waals surface area (Å²) in [4.78, 5) is 49.1. The number of ether oxygens (including phenoxy) is 2. The predicted molar refractivity (Wildman–Crippen MR) is 252 cm³/mol. The minimum absolute atomic E-state index is 0.280. The first-order chi connectivity index (χ1) is 31.7. The van der Waals surface area contributed by atoms with Crippen LogP contribution < -0.4 is 24.9 Å². The van der Waals surface area contributed by atoms with Gasteiger partial charge in [0, 0.05) is 127 Å². The average Bonchev–Trinajstić information content (AvgIpc) is 3.37. The third kappa shape index (κ3) is 12.3. The first-order valence-corrected chi connectivity index (χ1v) is 22.9. The Bertz CT molecular complexity index is 2250. The molecule has 2 aromatic heterocycles. The molecule has 2 atom stereocenters. The van der Waals surface area contributed by atoms with Gasteiger partial charge in [-0.15, -0.1) is 0 Å². The second kappa shape index (κ2) is 22.8. The van der Waals surface area contributed by atoms with E-state index in [0.29, 0.717) is 75.8 Å². The lowest BCUT2D eigenvalue weighted by atomic mass is 10.1. The van der Waals surface area contributed by atoms with Gasteiger partial charge in [-0.3, -0.25) is 0 Å². The average molecular weight is 883 g/mol. The van der Waals surface area contributed by atoms with E-state index in [1.165, 1.54) is 0 Å². The zero-order valence-electron chi connectivity index (χ0n) is 38.0. The number of pyridine rings is 2. The maximum Gasteiger partial charge on any atom is 0.410 e. The summed E-state index contributed by atoms with van der Waals surface area (Å²) in [6.45, 7) is 15.6. The number of anilines is 4. The lowest BCUT2D eigenvalue weighted by Gasteiger charge is -2.41. The molecule has 4 saturated heterocycles. The van der Waals surface area contributed by atoms with Crippen molar-refractivity contribution in [1.29, 1.82) is 10.5 Å². The van der Waals surface area contributed by atoms with Gasteiger partial charge in [-0.2, -0.15) is 10.5 Å². The Kier molecular flexibility index (Phi) is 16.3. The van der Waals surface area contributed by atoms with Crippen LogP contribution in [0.15, 0.2) is 84.9 Å². The Morgan fingerprint density at radius 1 is 0.631 bits per heavy atom. The van der Waals surface area contributed by atoms with Gasteiger partial charge in [0.15, 0.2) is 0 Å². The second-order valence-electron chi connectivity index (χ2n) is 16.9. The second-order valence-corrected chi connectivity index (χ2v) is 16.9. The maximum absolute atomic E-state index is 12.5. The lowest BCUT2D eigenvalue weighted by molar-refractivity contribution is 0.0935. The minimum Gasteiger partial charge on any atom is -0.445 e. The van der Waals surface area contributed by atoms with E-state index in [1.807, 2.05) is 72.8 Å². The number of benzene rings is 2. The Hall–Kier alpha value is -6.62. The number of nitrogens with one attached hydrogen (secondary N) is 1. The molecule has 4 fully saturated rings. The van der Waals surface area contributed by atoms with Crippen molar-refractivity contribution in [3.8, 4) is 12.1 Å². The predicted octanol–water partition coefficient (Wildman–Crippen LogP) is 5.54. The molecule has 8 rings (SSSR count). The highest BCUT2D eigenvalue weighted by molar-refractivity contribution is 5.69. The molecule has 6 heterocycles. The van der Waals surface area contributed by atoms with Crippen LogP contribution in [0.4, 0.5) is 32.6 Å². The van der Waals surface area contributed by atoms with Crippen molar-refractivity contribution in [3.05, 3.63) is 107 Å². The number of amides is 2. The largest absolute Gasteiger partial charge is 0.445 e. The zero-order valence-corrected chi connectivity index (χ0v) is 38.0. The third-order valence-electron chi connectivity index (χ3n) is 12.6. The fourth-order valence-corrected chi connectivity index (χ4v) is 8.78. The minimum atomic E-state index is -0.284. The smallest absolute Gasteiger partial charge is 0.410 e. The topological polar surface area (TPSA) is 161 Å². The Balaban J connectivity index is 0.000000194. The van der Waals surface area contributed by atoms with E-state index in [0.717, 1.165) is 86.2 Å². The first kappa shape index (κ1) is 46.4. The summed E-state index contributed by atoms with van der Waals surface area (Å²) in [5.41, 5.74) is 4.79. The standard InChI is InChI=1S/C25H32N6O2.C24H30N6O2/c1-3-22-18-28(2)9-14-31(22)24-16-23(15-21(17-26)27-24)29-10-12-30(13-11-29)25(32)33-19-20-7-5-4-6-8-20;1-2-21-17-26-8-9-30(21)23-15-22(14-20(16-25)27-23)28-10-12-29(13-11-28)24(31)32-18-19-6-4-3-5-7-19/h4-8,15-16,22H,3,9-14,18-19H2,1-2H3;3-7,14-15,21,26H,2,8-13,17-18H2,1H3/t22-;21-/m00/s1. The van der Waals surface area contributed by atoms with Gasteiger partial charge in [0.2, 0.25) is 0 Å². The summed E-state index contributed by atoms with van der Waals surface area (Å²) < 4.78 is 11.0. The highest BCUT2D eigenvalue weighted by atomic mass is 16.6. The van der Waals surface area contributed by atoms with Gasteiger partial charge in [-0.05, 0) is 43.1 Å². The van der Waals surface area contributed by atoms with Crippen molar-refractivity contribution < 1.29 is 19.1 Å². The number of likely N-dealkylation sites (N-methyl/N-ethyl adjacent to an activating group) is 1. The molecule has 0 bridgehead atoms. The molecule has 0 unspecified atom stereocenters. The number of carbonyl (C=O) groups is 2. The summed E-state index contributed by atoms with van der Waals surface area (Å²) in [5, 5.41) is 22.6. The van der Waals surface area contributed by atoms with E-state index in [9.17, 15) is 20.1 Å². The molecule has 16 heteroatoms. The van der Waals surface area contributed by atoms with Gasteiger partial charge >= 0.3 is 12.2 Å². The van der Waals surface area contributed by atoms with Crippen LogP contribution in [0.3, 0.4) is 0 Å². The van der Waals surface area contributed by atoms with Crippen molar-refractivity contribution in [1.82, 2.24) is 30.0 Å². The number of nitriles is 2. The van der Waals surface area contributed by atoms with E-state index < -0.39 is 0 Å². The van der Waals surface area contributed by atoms with Crippen LogP contribution in [0.5, 0.6) is 0 Å². The summed E-state index contributed by atoms with van der Waals surface area (Å²) in [7, 11) is 2.15. The number of aromatic nitrogens is 2. The van der Waals surface area contributed by atoms with E-state index >= 15 is 0 Å².